The molecule has 0 saturated carbocycles. The first kappa shape index (κ1) is 28.5. The summed E-state index contributed by atoms with van der Waals surface area (Å²) in [4.78, 5) is 12.0. The van der Waals surface area contributed by atoms with Gasteiger partial charge in [0.25, 0.3) is 0 Å². The summed E-state index contributed by atoms with van der Waals surface area (Å²) in [6.45, 7) is 7.35. The number of rotatable bonds is 23. The van der Waals surface area contributed by atoms with Crippen molar-refractivity contribution in [2.24, 2.45) is 5.92 Å². The first-order chi connectivity index (χ1) is 14.2. The Morgan fingerprint density at radius 1 is 0.586 bits per heavy atom. The summed E-state index contributed by atoms with van der Waals surface area (Å²) in [6, 6.07) is 0. The molecule has 2 nitrogen and oxygen atoms in total. The van der Waals surface area contributed by atoms with Gasteiger partial charge in [-0.25, -0.2) is 0 Å². The lowest BCUT2D eigenvalue weighted by molar-refractivity contribution is -0.145. The van der Waals surface area contributed by atoms with Gasteiger partial charge < -0.3 is 4.74 Å². The van der Waals surface area contributed by atoms with Gasteiger partial charge in [-0.2, -0.15) is 0 Å². The zero-order chi connectivity index (χ0) is 21.4. The van der Waals surface area contributed by atoms with Crippen LogP contribution in [0.3, 0.4) is 0 Å². The standard InChI is InChI=1S/C27H54O2/c1-4-7-9-11-12-13-14-15-16-17-18-19-21-23-26(6-3)25-27(28)29-24-22-20-10-8-5-2/h26H,4-25H2,1-3H3. The predicted octanol–water partition coefficient (Wildman–Crippen LogP) is 9.40. The second-order valence-corrected chi connectivity index (χ2v) is 9.14. The van der Waals surface area contributed by atoms with Crippen molar-refractivity contribution < 1.29 is 9.53 Å². The monoisotopic (exact) mass is 410 g/mol. The minimum absolute atomic E-state index is 0.0297. The van der Waals surface area contributed by atoms with E-state index in [2.05, 4.69) is 20.8 Å². The molecule has 0 N–H and O–H groups in total. The molecule has 0 aliphatic heterocycles. The predicted molar refractivity (Wildman–Crippen MR) is 128 cm³/mol. The van der Waals surface area contributed by atoms with E-state index >= 15 is 0 Å². The maximum atomic E-state index is 12.0. The number of hydrogen-bond donors (Lipinski definition) is 0. The Bertz CT molecular complexity index is 326. The number of carbonyl (C=O) groups is 1. The average molecular weight is 411 g/mol. The normalized spacial score (nSPS) is 12.2. The molecule has 0 aromatic carbocycles. The van der Waals surface area contributed by atoms with Gasteiger partial charge in [0.2, 0.25) is 0 Å². The number of carbonyl (C=O) groups excluding carboxylic acids is 1. The summed E-state index contributed by atoms with van der Waals surface area (Å²) in [7, 11) is 0. The second kappa shape index (κ2) is 23.7. The van der Waals surface area contributed by atoms with E-state index in [0.717, 1.165) is 12.8 Å². The Balaban J connectivity index is 3.42. The minimum Gasteiger partial charge on any atom is -0.466 e. The molecule has 1 unspecified atom stereocenters. The fourth-order valence-electron chi connectivity index (χ4n) is 4.09. The van der Waals surface area contributed by atoms with Crippen LogP contribution >= 0.6 is 0 Å². The molecule has 0 saturated heterocycles. The number of hydrogen-bond acceptors (Lipinski definition) is 2. The van der Waals surface area contributed by atoms with Crippen LogP contribution in [0, 0.1) is 5.92 Å². The summed E-state index contributed by atoms with van der Waals surface area (Å²) in [5.41, 5.74) is 0. The lowest BCUT2D eigenvalue weighted by Gasteiger charge is -2.14. The van der Waals surface area contributed by atoms with Crippen molar-refractivity contribution in [3.8, 4) is 0 Å². The highest BCUT2D eigenvalue weighted by Gasteiger charge is 2.13. The molecule has 1 atom stereocenters. The first-order valence-corrected chi connectivity index (χ1v) is 13.4. The van der Waals surface area contributed by atoms with Crippen LogP contribution in [0.5, 0.6) is 0 Å². The third-order valence-electron chi connectivity index (χ3n) is 6.26. The van der Waals surface area contributed by atoms with E-state index < -0.39 is 0 Å². The third-order valence-corrected chi connectivity index (χ3v) is 6.26. The maximum Gasteiger partial charge on any atom is 0.306 e. The molecular weight excluding hydrogens is 356 g/mol. The van der Waals surface area contributed by atoms with Crippen LogP contribution in [0.2, 0.25) is 0 Å². The van der Waals surface area contributed by atoms with E-state index in [1.165, 1.54) is 116 Å². The van der Waals surface area contributed by atoms with Crippen LogP contribution in [-0.2, 0) is 9.53 Å². The lowest BCUT2D eigenvalue weighted by Crippen LogP contribution is -2.12. The van der Waals surface area contributed by atoms with Crippen molar-refractivity contribution in [1.82, 2.24) is 0 Å². The van der Waals surface area contributed by atoms with Crippen LogP contribution in [0.15, 0.2) is 0 Å². The highest BCUT2D eigenvalue weighted by Crippen LogP contribution is 2.19. The van der Waals surface area contributed by atoms with Gasteiger partial charge >= 0.3 is 5.97 Å². The van der Waals surface area contributed by atoms with Crippen LogP contribution in [-0.4, -0.2) is 12.6 Å². The van der Waals surface area contributed by atoms with Gasteiger partial charge in [0, 0.05) is 6.42 Å². The zero-order valence-electron chi connectivity index (χ0n) is 20.5. The molecule has 0 aliphatic carbocycles. The van der Waals surface area contributed by atoms with Gasteiger partial charge in [-0.1, -0.05) is 136 Å². The van der Waals surface area contributed by atoms with E-state index in [9.17, 15) is 4.79 Å². The zero-order valence-corrected chi connectivity index (χ0v) is 20.5. The Kier molecular flexibility index (Phi) is 23.3. The van der Waals surface area contributed by atoms with E-state index in [0.29, 0.717) is 18.9 Å². The average Bonchev–Trinajstić information content (AvgIpc) is 2.73. The molecule has 0 amide bonds. The number of unbranched alkanes of at least 4 members (excludes halogenated alkanes) is 16. The fourth-order valence-corrected chi connectivity index (χ4v) is 4.09. The van der Waals surface area contributed by atoms with Gasteiger partial charge in [0.15, 0.2) is 0 Å². The van der Waals surface area contributed by atoms with Crippen LogP contribution in [0.1, 0.15) is 156 Å². The maximum absolute atomic E-state index is 12.0. The second-order valence-electron chi connectivity index (χ2n) is 9.14. The highest BCUT2D eigenvalue weighted by atomic mass is 16.5. The largest absolute Gasteiger partial charge is 0.466 e. The topological polar surface area (TPSA) is 26.3 Å². The van der Waals surface area contributed by atoms with Crippen molar-refractivity contribution in [1.29, 1.82) is 0 Å². The quantitative estimate of drug-likeness (QED) is 0.124. The molecule has 0 fully saturated rings. The smallest absolute Gasteiger partial charge is 0.306 e. The molecule has 0 aromatic heterocycles. The van der Waals surface area contributed by atoms with Gasteiger partial charge in [0.05, 0.1) is 6.61 Å². The highest BCUT2D eigenvalue weighted by molar-refractivity contribution is 5.69. The Hall–Kier alpha value is -0.530. The molecule has 2 heteroatoms. The van der Waals surface area contributed by atoms with Gasteiger partial charge in [0.1, 0.15) is 0 Å². The molecule has 0 heterocycles. The van der Waals surface area contributed by atoms with Crippen molar-refractivity contribution in [3.05, 3.63) is 0 Å². The molecule has 29 heavy (non-hydrogen) atoms. The molecule has 0 bridgehead atoms. The van der Waals surface area contributed by atoms with E-state index in [-0.39, 0.29) is 5.97 Å². The molecule has 0 aliphatic rings. The summed E-state index contributed by atoms with van der Waals surface area (Å²) in [6.07, 6.45) is 27.2. The molecule has 0 aromatic rings. The van der Waals surface area contributed by atoms with Gasteiger partial charge in [-0.3, -0.25) is 4.79 Å². The number of esters is 1. The first-order valence-electron chi connectivity index (χ1n) is 13.4. The fraction of sp³-hybridized carbons (Fsp3) is 0.963. The summed E-state index contributed by atoms with van der Waals surface area (Å²) >= 11 is 0. The van der Waals surface area contributed by atoms with Crippen molar-refractivity contribution in [2.45, 2.75) is 156 Å². The van der Waals surface area contributed by atoms with E-state index in [4.69, 9.17) is 4.74 Å². The molecule has 174 valence electrons. The Morgan fingerprint density at radius 3 is 1.45 bits per heavy atom. The summed E-state index contributed by atoms with van der Waals surface area (Å²) in [5, 5.41) is 0. The van der Waals surface area contributed by atoms with Crippen LogP contribution in [0.4, 0.5) is 0 Å². The van der Waals surface area contributed by atoms with Gasteiger partial charge in [-0.15, -0.1) is 0 Å². The molecule has 0 rings (SSSR count). The lowest BCUT2D eigenvalue weighted by atomic mass is 9.95. The third kappa shape index (κ3) is 22.0. The summed E-state index contributed by atoms with van der Waals surface area (Å²) in [5.74, 6) is 0.553. The number of ether oxygens (including phenoxy) is 1. The SMILES string of the molecule is CCCCCCCCCCCCCCCC(CC)CC(=O)OCCCCCCC. The van der Waals surface area contributed by atoms with Gasteiger partial charge in [-0.05, 0) is 18.8 Å². The van der Waals surface area contributed by atoms with E-state index in [1.807, 2.05) is 0 Å². The summed E-state index contributed by atoms with van der Waals surface area (Å²) < 4.78 is 5.43. The molecular formula is C27H54O2. The molecule has 0 spiro atoms. The Labute approximate surface area is 184 Å². The Morgan fingerprint density at radius 2 is 1.00 bits per heavy atom. The van der Waals surface area contributed by atoms with Crippen molar-refractivity contribution >= 4 is 5.97 Å². The molecule has 0 radical (unpaired) electrons. The van der Waals surface area contributed by atoms with E-state index in [1.54, 1.807) is 0 Å². The van der Waals surface area contributed by atoms with Crippen LogP contribution in [0.25, 0.3) is 0 Å². The van der Waals surface area contributed by atoms with Crippen molar-refractivity contribution in [2.75, 3.05) is 6.61 Å². The minimum atomic E-state index is 0.0297. The van der Waals surface area contributed by atoms with Crippen molar-refractivity contribution in [3.63, 3.8) is 0 Å². The van der Waals surface area contributed by atoms with Crippen LogP contribution < -0.4 is 0 Å².